The third kappa shape index (κ3) is 1.04. The molecule has 2 aromatic rings. The first kappa shape index (κ1) is 7.69. The van der Waals surface area contributed by atoms with E-state index in [-0.39, 0.29) is 0 Å². The van der Waals surface area contributed by atoms with Crippen LogP contribution in [0.25, 0.3) is 10.9 Å². The zero-order valence-corrected chi connectivity index (χ0v) is 7.16. The van der Waals surface area contributed by atoms with E-state index in [9.17, 15) is 0 Å². The van der Waals surface area contributed by atoms with E-state index in [4.69, 9.17) is 10.00 Å². The highest BCUT2D eigenvalue weighted by molar-refractivity contribution is 5.91. The van der Waals surface area contributed by atoms with Crippen molar-refractivity contribution in [2.45, 2.75) is 0 Å². The molecule has 3 nitrogen and oxygen atoms in total. The van der Waals surface area contributed by atoms with Gasteiger partial charge in [0.15, 0.2) is 0 Å². The summed E-state index contributed by atoms with van der Waals surface area (Å²) in [5, 5.41) is 9.71. The van der Waals surface area contributed by atoms with Gasteiger partial charge in [0.25, 0.3) is 0 Å². The van der Waals surface area contributed by atoms with Crippen molar-refractivity contribution in [2.75, 3.05) is 7.11 Å². The molecule has 0 spiro atoms. The Balaban J connectivity index is 2.85. The molecule has 64 valence electrons. The highest BCUT2D eigenvalue weighted by Gasteiger charge is 2.07. The van der Waals surface area contributed by atoms with Gasteiger partial charge in [0.05, 0.1) is 29.6 Å². The smallest absolute Gasteiger partial charge is 0.145 e. The molecule has 2 rings (SSSR count). The highest BCUT2D eigenvalue weighted by Crippen LogP contribution is 2.27. The van der Waals surface area contributed by atoms with Crippen molar-refractivity contribution in [3.63, 3.8) is 0 Å². The van der Waals surface area contributed by atoms with Gasteiger partial charge in [-0.25, -0.2) is 0 Å². The quantitative estimate of drug-likeness (QED) is 0.715. The summed E-state index contributed by atoms with van der Waals surface area (Å²) in [4.78, 5) is 3.04. The van der Waals surface area contributed by atoms with Crippen molar-refractivity contribution < 1.29 is 4.74 Å². The molecule has 1 aromatic heterocycles. The molecule has 0 unspecified atom stereocenters. The molecule has 0 aliphatic carbocycles. The molecule has 1 N–H and O–H groups in total. The minimum Gasteiger partial charge on any atom is -0.494 e. The van der Waals surface area contributed by atoms with Crippen LogP contribution in [0.2, 0.25) is 0 Å². The maximum absolute atomic E-state index is 8.85. The van der Waals surface area contributed by atoms with Crippen molar-refractivity contribution in [1.29, 1.82) is 5.26 Å². The van der Waals surface area contributed by atoms with Crippen molar-refractivity contribution in [3.05, 3.63) is 30.0 Å². The molecule has 0 aliphatic heterocycles. The number of hydrogen-bond donors (Lipinski definition) is 1. The van der Waals surface area contributed by atoms with Crippen molar-refractivity contribution in [2.24, 2.45) is 0 Å². The third-order valence-electron chi connectivity index (χ3n) is 2.01. The Morgan fingerprint density at radius 2 is 2.31 bits per heavy atom. The van der Waals surface area contributed by atoms with E-state index < -0.39 is 0 Å². The van der Waals surface area contributed by atoms with Crippen LogP contribution in [-0.2, 0) is 0 Å². The molecule has 0 radical (unpaired) electrons. The second-order valence-corrected chi connectivity index (χ2v) is 2.70. The lowest BCUT2D eigenvalue weighted by Crippen LogP contribution is -1.82. The predicted molar refractivity (Wildman–Crippen MR) is 49.6 cm³/mol. The molecule has 13 heavy (non-hydrogen) atoms. The minimum atomic E-state index is 0.635. The van der Waals surface area contributed by atoms with Gasteiger partial charge < -0.3 is 9.72 Å². The van der Waals surface area contributed by atoms with Crippen molar-refractivity contribution in [1.82, 2.24) is 4.98 Å². The number of aromatic nitrogens is 1. The number of nitrogens with zero attached hydrogens (tertiary/aromatic N) is 1. The molecule has 0 bridgehead atoms. The van der Waals surface area contributed by atoms with Crippen LogP contribution in [0.4, 0.5) is 0 Å². The molecule has 0 fully saturated rings. The molecule has 0 amide bonds. The molecular weight excluding hydrogens is 164 g/mol. The van der Waals surface area contributed by atoms with E-state index in [2.05, 4.69) is 11.1 Å². The summed E-state index contributed by atoms with van der Waals surface area (Å²) in [5.74, 6) is 0.715. The number of benzene rings is 1. The van der Waals surface area contributed by atoms with Gasteiger partial charge in [-0.1, -0.05) is 6.07 Å². The molecule has 0 saturated carbocycles. The number of nitrogens with one attached hydrogen (secondary N) is 1. The van der Waals surface area contributed by atoms with Gasteiger partial charge in [-0.2, -0.15) is 5.26 Å². The standard InChI is InChI=1S/C10H8N2O/c1-13-9-6-12-8-4-2-3-7(5-11)10(8)9/h2-4,6,12H,1H3. The van der Waals surface area contributed by atoms with Crippen LogP contribution in [0.15, 0.2) is 24.4 Å². The van der Waals surface area contributed by atoms with Gasteiger partial charge in [0.2, 0.25) is 0 Å². The minimum absolute atomic E-state index is 0.635. The van der Waals surface area contributed by atoms with Crippen LogP contribution < -0.4 is 4.74 Å². The molecule has 1 aromatic carbocycles. The van der Waals surface area contributed by atoms with Crippen LogP contribution >= 0.6 is 0 Å². The third-order valence-corrected chi connectivity index (χ3v) is 2.01. The van der Waals surface area contributed by atoms with Crippen molar-refractivity contribution >= 4 is 10.9 Å². The van der Waals surface area contributed by atoms with Gasteiger partial charge in [-0.05, 0) is 12.1 Å². The lowest BCUT2D eigenvalue weighted by Gasteiger charge is -1.97. The first-order valence-electron chi connectivity index (χ1n) is 3.91. The van der Waals surface area contributed by atoms with E-state index in [1.165, 1.54) is 0 Å². The number of rotatable bonds is 1. The topological polar surface area (TPSA) is 48.8 Å². The zero-order valence-electron chi connectivity index (χ0n) is 7.16. The average molecular weight is 172 g/mol. The average Bonchev–Trinajstić information content (AvgIpc) is 2.60. The molecular formula is C10H8N2O. The van der Waals surface area contributed by atoms with Gasteiger partial charge in [0.1, 0.15) is 5.75 Å². The number of fused-ring (bicyclic) bond motifs is 1. The zero-order chi connectivity index (χ0) is 9.26. The Bertz CT molecular complexity index is 479. The molecule has 3 heteroatoms. The van der Waals surface area contributed by atoms with E-state index in [0.717, 1.165) is 10.9 Å². The van der Waals surface area contributed by atoms with Crippen LogP contribution in [0.5, 0.6) is 5.75 Å². The fourth-order valence-electron chi connectivity index (χ4n) is 1.41. The normalized spacial score (nSPS) is 9.85. The van der Waals surface area contributed by atoms with Crippen LogP contribution in [0.3, 0.4) is 0 Å². The maximum atomic E-state index is 8.85. The number of methoxy groups -OCH3 is 1. The molecule has 0 atom stereocenters. The van der Waals surface area contributed by atoms with Crippen LogP contribution in [0.1, 0.15) is 5.56 Å². The Morgan fingerprint density at radius 3 is 3.00 bits per heavy atom. The first-order chi connectivity index (χ1) is 6.36. The summed E-state index contributed by atoms with van der Waals surface area (Å²) in [6, 6.07) is 7.67. The van der Waals surface area contributed by atoms with E-state index in [0.29, 0.717) is 11.3 Å². The van der Waals surface area contributed by atoms with Gasteiger partial charge >= 0.3 is 0 Å². The summed E-state index contributed by atoms with van der Waals surface area (Å²) in [7, 11) is 1.59. The summed E-state index contributed by atoms with van der Waals surface area (Å²) < 4.78 is 5.13. The van der Waals surface area contributed by atoms with E-state index in [1.807, 2.05) is 12.1 Å². The number of H-pyrrole nitrogens is 1. The lowest BCUT2D eigenvalue weighted by atomic mass is 10.1. The Morgan fingerprint density at radius 1 is 1.46 bits per heavy atom. The summed E-state index contributed by atoms with van der Waals surface area (Å²) in [6.45, 7) is 0. The monoisotopic (exact) mass is 172 g/mol. The number of nitriles is 1. The largest absolute Gasteiger partial charge is 0.494 e. The number of aromatic amines is 1. The number of ether oxygens (including phenoxy) is 1. The van der Waals surface area contributed by atoms with Gasteiger partial charge in [0, 0.05) is 6.20 Å². The fourth-order valence-corrected chi connectivity index (χ4v) is 1.41. The Hall–Kier alpha value is -1.95. The molecule has 0 aliphatic rings. The first-order valence-corrected chi connectivity index (χ1v) is 3.91. The van der Waals surface area contributed by atoms with E-state index in [1.54, 1.807) is 19.4 Å². The SMILES string of the molecule is COc1c[nH]c2cccc(C#N)c12. The number of hydrogen-bond acceptors (Lipinski definition) is 2. The van der Waals surface area contributed by atoms with Gasteiger partial charge in [-0.3, -0.25) is 0 Å². The van der Waals surface area contributed by atoms with E-state index >= 15 is 0 Å². The van der Waals surface area contributed by atoms with Gasteiger partial charge in [-0.15, -0.1) is 0 Å². The second-order valence-electron chi connectivity index (χ2n) is 2.70. The Labute approximate surface area is 75.6 Å². The maximum Gasteiger partial charge on any atom is 0.145 e. The fraction of sp³-hybridized carbons (Fsp3) is 0.100. The van der Waals surface area contributed by atoms with Crippen LogP contribution in [0, 0.1) is 11.3 Å². The Kier molecular flexibility index (Phi) is 1.67. The lowest BCUT2D eigenvalue weighted by molar-refractivity contribution is 0.419. The summed E-state index contributed by atoms with van der Waals surface area (Å²) in [5.41, 5.74) is 1.56. The predicted octanol–water partition coefficient (Wildman–Crippen LogP) is 2.05. The second kappa shape index (κ2) is 2.83. The van der Waals surface area contributed by atoms with Crippen molar-refractivity contribution in [3.8, 4) is 11.8 Å². The van der Waals surface area contributed by atoms with Crippen LogP contribution in [-0.4, -0.2) is 12.1 Å². The highest BCUT2D eigenvalue weighted by atomic mass is 16.5. The molecule has 1 heterocycles. The summed E-state index contributed by atoms with van der Waals surface area (Å²) in [6.07, 6.45) is 1.76. The summed E-state index contributed by atoms with van der Waals surface area (Å²) >= 11 is 0. The molecule has 0 saturated heterocycles.